The molecule has 0 saturated heterocycles. The van der Waals surface area contributed by atoms with Gasteiger partial charge in [0.25, 0.3) is 0 Å². The van der Waals surface area contributed by atoms with Gasteiger partial charge in [-0.15, -0.1) is 0 Å². The first-order valence-corrected chi connectivity index (χ1v) is 11.6. The van der Waals surface area contributed by atoms with Crippen LogP contribution in [0.4, 0.5) is 0 Å². The number of hydrogen-bond acceptors (Lipinski definition) is 1. The average molecular weight is 352 g/mol. The monoisotopic (exact) mass is 351 g/mol. The largest absolute Gasteiger partial charge is 0.303 e. The maximum absolute atomic E-state index is 2.47. The van der Waals surface area contributed by atoms with Gasteiger partial charge >= 0.3 is 0 Å². The Morgan fingerprint density at radius 3 is 1.48 bits per heavy atom. The second kappa shape index (κ2) is 21.7. The van der Waals surface area contributed by atoms with E-state index in [9.17, 15) is 0 Å². The molecule has 0 aliphatic carbocycles. The minimum absolute atomic E-state index is 1.13. The zero-order valence-electron chi connectivity index (χ0n) is 18.0. The summed E-state index contributed by atoms with van der Waals surface area (Å²) in [6.07, 6.45) is 28.8. The van der Waals surface area contributed by atoms with E-state index in [-0.39, 0.29) is 0 Å². The number of unbranched alkanes of at least 4 members (excludes halogenated alkanes) is 15. The summed E-state index contributed by atoms with van der Waals surface area (Å²) in [6, 6.07) is 0. The van der Waals surface area contributed by atoms with E-state index in [1.54, 1.807) is 0 Å². The standard InChI is InChI=1S/C24H49N/c1-4-6-8-10-12-13-14-15-16-17-18-20-22-24-25(3)23-21-19-11-9-7-5-2/h20,22H,4-19,21,23-24H2,1-3H3. The van der Waals surface area contributed by atoms with E-state index >= 15 is 0 Å². The fourth-order valence-corrected chi connectivity index (χ4v) is 3.38. The Hall–Kier alpha value is -0.300. The minimum Gasteiger partial charge on any atom is -0.303 e. The summed E-state index contributed by atoms with van der Waals surface area (Å²) in [5, 5.41) is 0. The minimum atomic E-state index is 1.13. The molecule has 0 rings (SSSR count). The van der Waals surface area contributed by atoms with Crippen LogP contribution >= 0.6 is 0 Å². The molecule has 0 aromatic rings. The maximum atomic E-state index is 2.47. The fourth-order valence-electron chi connectivity index (χ4n) is 3.38. The zero-order chi connectivity index (χ0) is 18.4. The zero-order valence-corrected chi connectivity index (χ0v) is 18.0. The molecule has 0 aromatic carbocycles. The van der Waals surface area contributed by atoms with Crippen molar-refractivity contribution in [3.63, 3.8) is 0 Å². The summed E-state index contributed by atoms with van der Waals surface area (Å²) >= 11 is 0. The van der Waals surface area contributed by atoms with Crippen LogP contribution in [-0.2, 0) is 0 Å². The summed E-state index contributed by atoms with van der Waals surface area (Å²) in [6.45, 7) is 6.97. The van der Waals surface area contributed by atoms with Crippen LogP contribution in [0.25, 0.3) is 0 Å². The van der Waals surface area contributed by atoms with Gasteiger partial charge in [-0.3, -0.25) is 0 Å². The summed E-state index contributed by atoms with van der Waals surface area (Å²) in [7, 11) is 2.26. The molecule has 0 fully saturated rings. The lowest BCUT2D eigenvalue weighted by atomic mass is 10.1. The van der Waals surface area contributed by atoms with Crippen LogP contribution < -0.4 is 0 Å². The van der Waals surface area contributed by atoms with Crippen molar-refractivity contribution < 1.29 is 0 Å². The highest BCUT2D eigenvalue weighted by Crippen LogP contribution is 2.11. The normalized spacial score (nSPS) is 11.8. The van der Waals surface area contributed by atoms with E-state index in [1.807, 2.05) is 0 Å². The third-order valence-corrected chi connectivity index (χ3v) is 5.20. The molecule has 0 aliphatic rings. The van der Waals surface area contributed by atoms with Crippen LogP contribution in [0, 0.1) is 0 Å². The van der Waals surface area contributed by atoms with Crippen LogP contribution in [-0.4, -0.2) is 25.0 Å². The molecule has 0 spiro atoms. The number of allylic oxidation sites excluding steroid dienone is 1. The molecule has 0 heterocycles. The Kier molecular flexibility index (Phi) is 21.5. The van der Waals surface area contributed by atoms with Gasteiger partial charge in [0.15, 0.2) is 0 Å². The van der Waals surface area contributed by atoms with Crippen LogP contribution in [0.15, 0.2) is 12.2 Å². The Balaban J connectivity index is 3.21. The number of hydrogen-bond donors (Lipinski definition) is 0. The Bertz CT molecular complexity index is 259. The Morgan fingerprint density at radius 2 is 0.960 bits per heavy atom. The van der Waals surface area contributed by atoms with Gasteiger partial charge in [-0.25, -0.2) is 0 Å². The van der Waals surface area contributed by atoms with Crippen LogP contribution in [0.3, 0.4) is 0 Å². The van der Waals surface area contributed by atoms with Crippen molar-refractivity contribution in [3.05, 3.63) is 12.2 Å². The molecule has 0 saturated carbocycles. The smallest absolute Gasteiger partial charge is 0.0160 e. The topological polar surface area (TPSA) is 3.24 Å². The van der Waals surface area contributed by atoms with E-state index in [2.05, 4.69) is 37.9 Å². The lowest BCUT2D eigenvalue weighted by molar-refractivity contribution is 0.356. The number of rotatable bonds is 20. The predicted molar refractivity (Wildman–Crippen MR) is 116 cm³/mol. The highest BCUT2D eigenvalue weighted by Gasteiger charge is 1.96. The second-order valence-corrected chi connectivity index (χ2v) is 7.97. The van der Waals surface area contributed by atoms with E-state index in [1.165, 1.54) is 116 Å². The highest BCUT2D eigenvalue weighted by molar-refractivity contribution is 4.84. The van der Waals surface area contributed by atoms with Gasteiger partial charge < -0.3 is 4.90 Å². The molecule has 0 aliphatic heterocycles. The summed E-state index contributed by atoms with van der Waals surface area (Å²) in [4.78, 5) is 2.47. The third-order valence-electron chi connectivity index (χ3n) is 5.20. The van der Waals surface area contributed by atoms with Crippen molar-refractivity contribution in [3.8, 4) is 0 Å². The average Bonchev–Trinajstić information content (AvgIpc) is 2.62. The molecule has 0 radical (unpaired) electrons. The molecule has 1 heteroatoms. The summed E-state index contributed by atoms with van der Waals surface area (Å²) in [5.41, 5.74) is 0. The van der Waals surface area contributed by atoms with Gasteiger partial charge in [0.2, 0.25) is 0 Å². The first-order chi connectivity index (χ1) is 12.3. The number of likely N-dealkylation sites (N-methyl/N-ethyl adjacent to an activating group) is 1. The quantitative estimate of drug-likeness (QED) is 0.158. The molecular weight excluding hydrogens is 302 g/mol. The van der Waals surface area contributed by atoms with Gasteiger partial charge in [-0.05, 0) is 32.9 Å². The number of nitrogens with zero attached hydrogens (tertiary/aromatic N) is 1. The molecule has 0 bridgehead atoms. The van der Waals surface area contributed by atoms with Gasteiger partial charge in [0, 0.05) is 6.54 Å². The van der Waals surface area contributed by atoms with Crippen molar-refractivity contribution in [1.82, 2.24) is 4.90 Å². The summed E-state index contributed by atoms with van der Waals surface area (Å²) < 4.78 is 0. The maximum Gasteiger partial charge on any atom is 0.0160 e. The van der Waals surface area contributed by atoms with Crippen LogP contribution in [0.1, 0.15) is 123 Å². The van der Waals surface area contributed by atoms with Crippen molar-refractivity contribution >= 4 is 0 Å². The molecule has 150 valence electrons. The van der Waals surface area contributed by atoms with Crippen molar-refractivity contribution in [1.29, 1.82) is 0 Å². The van der Waals surface area contributed by atoms with E-state index in [4.69, 9.17) is 0 Å². The van der Waals surface area contributed by atoms with Crippen LogP contribution in [0.5, 0.6) is 0 Å². The van der Waals surface area contributed by atoms with Crippen molar-refractivity contribution in [2.45, 2.75) is 123 Å². The van der Waals surface area contributed by atoms with Crippen molar-refractivity contribution in [2.24, 2.45) is 0 Å². The molecule has 0 amide bonds. The SMILES string of the molecule is CCCCCCCCCCCCC=CCN(C)CCCCCCCC. The first-order valence-electron chi connectivity index (χ1n) is 11.6. The van der Waals surface area contributed by atoms with Gasteiger partial charge in [0.1, 0.15) is 0 Å². The molecular formula is C24H49N. The lowest BCUT2D eigenvalue weighted by Gasteiger charge is -2.13. The first kappa shape index (κ1) is 24.7. The predicted octanol–water partition coefficient (Wildman–Crippen LogP) is 8.15. The molecule has 0 atom stereocenters. The van der Waals surface area contributed by atoms with Gasteiger partial charge in [-0.1, -0.05) is 116 Å². The van der Waals surface area contributed by atoms with E-state index < -0.39 is 0 Å². The molecule has 0 unspecified atom stereocenters. The Morgan fingerprint density at radius 1 is 0.520 bits per heavy atom. The Labute approximate surface area is 160 Å². The van der Waals surface area contributed by atoms with Crippen LogP contribution in [0.2, 0.25) is 0 Å². The third kappa shape index (κ3) is 21.7. The van der Waals surface area contributed by atoms with E-state index in [0.717, 1.165) is 6.54 Å². The lowest BCUT2D eigenvalue weighted by Crippen LogP contribution is -2.19. The molecule has 1 nitrogen and oxygen atoms in total. The second-order valence-electron chi connectivity index (χ2n) is 7.97. The fraction of sp³-hybridized carbons (Fsp3) is 0.917. The molecule has 0 N–H and O–H groups in total. The van der Waals surface area contributed by atoms with Crippen molar-refractivity contribution in [2.75, 3.05) is 20.1 Å². The highest BCUT2D eigenvalue weighted by atomic mass is 15.1. The van der Waals surface area contributed by atoms with E-state index in [0.29, 0.717) is 0 Å². The summed E-state index contributed by atoms with van der Waals surface area (Å²) in [5.74, 6) is 0. The van der Waals surface area contributed by atoms with Gasteiger partial charge in [-0.2, -0.15) is 0 Å². The van der Waals surface area contributed by atoms with Gasteiger partial charge in [0.05, 0.1) is 0 Å². The molecule has 25 heavy (non-hydrogen) atoms. The molecule has 0 aromatic heterocycles.